The predicted molar refractivity (Wildman–Crippen MR) is 79.4 cm³/mol. The SMILES string of the molecule is CCc1cc(Br)c(Oc2ccc(O)cc2)c(Br)c1. The number of hydrogen-bond acceptors (Lipinski definition) is 2. The van der Waals surface area contributed by atoms with Gasteiger partial charge in [0.25, 0.3) is 0 Å². The van der Waals surface area contributed by atoms with E-state index in [9.17, 15) is 5.11 Å². The zero-order valence-electron chi connectivity index (χ0n) is 9.78. The minimum Gasteiger partial charge on any atom is -0.508 e. The van der Waals surface area contributed by atoms with Crippen molar-refractivity contribution in [3.63, 3.8) is 0 Å². The Labute approximate surface area is 123 Å². The Hall–Kier alpha value is -1.000. The third kappa shape index (κ3) is 3.06. The molecule has 0 amide bonds. The van der Waals surface area contributed by atoms with E-state index in [1.165, 1.54) is 5.56 Å². The first-order chi connectivity index (χ1) is 8.60. The molecule has 94 valence electrons. The van der Waals surface area contributed by atoms with Gasteiger partial charge in [0.15, 0.2) is 5.75 Å². The molecule has 4 heteroatoms. The van der Waals surface area contributed by atoms with Crippen LogP contribution in [0.4, 0.5) is 0 Å². The summed E-state index contributed by atoms with van der Waals surface area (Å²) in [7, 11) is 0. The summed E-state index contributed by atoms with van der Waals surface area (Å²) < 4.78 is 7.60. The summed E-state index contributed by atoms with van der Waals surface area (Å²) in [5.41, 5.74) is 1.23. The van der Waals surface area contributed by atoms with E-state index in [0.29, 0.717) is 5.75 Å². The van der Waals surface area contributed by atoms with Crippen LogP contribution >= 0.6 is 31.9 Å². The second-order valence-corrected chi connectivity index (χ2v) is 5.55. The average molecular weight is 372 g/mol. The summed E-state index contributed by atoms with van der Waals surface area (Å²) in [5.74, 6) is 1.64. The van der Waals surface area contributed by atoms with Crippen LogP contribution in [0, 0.1) is 0 Å². The largest absolute Gasteiger partial charge is 0.508 e. The van der Waals surface area contributed by atoms with Gasteiger partial charge in [0, 0.05) is 0 Å². The molecule has 18 heavy (non-hydrogen) atoms. The molecule has 0 aromatic heterocycles. The molecular formula is C14H12Br2O2. The molecule has 0 unspecified atom stereocenters. The van der Waals surface area contributed by atoms with Crippen molar-refractivity contribution in [3.8, 4) is 17.2 Å². The van der Waals surface area contributed by atoms with Gasteiger partial charge < -0.3 is 9.84 Å². The maximum atomic E-state index is 9.23. The quantitative estimate of drug-likeness (QED) is 0.796. The van der Waals surface area contributed by atoms with Crippen LogP contribution in [0.1, 0.15) is 12.5 Å². The van der Waals surface area contributed by atoms with Gasteiger partial charge in [0.1, 0.15) is 11.5 Å². The van der Waals surface area contributed by atoms with E-state index in [2.05, 4.69) is 38.8 Å². The Kier molecular flexibility index (Phi) is 4.30. The molecule has 2 nitrogen and oxygen atoms in total. The van der Waals surface area contributed by atoms with Crippen molar-refractivity contribution >= 4 is 31.9 Å². The summed E-state index contributed by atoms with van der Waals surface area (Å²) >= 11 is 7.01. The lowest BCUT2D eigenvalue weighted by Gasteiger charge is -2.11. The number of aryl methyl sites for hydroxylation is 1. The smallest absolute Gasteiger partial charge is 0.155 e. The first-order valence-corrected chi connectivity index (χ1v) is 7.13. The lowest BCUT2D eigenvalue weighted by molar-refractivity contribution is 0.462. The maximum absolute atomic E-state index is 9.23. The van der Waals surface area contributed by atoms with Gasteiger partial charge in [0.05, 0.1) is 8.95 Å². The van der Waals surface area contributed by atoms with Crippen LogP contribution < -0.4 is 4.74 Å². The van der Waals surface area contributed by atoms with E-state index in [4.69, 9.17) is 4.74 Å². The molecule has 0 bridgehead atoms. The van der Waals surface area contributed by atoms with Crippen molar-refractivity contribution in [1.29, 1.82) is 0 Å². The summed E-state index contributed by atoms with van der Waals surface area (Å²) in [6.07, 6.45) is 0.969. The standard InChI is InChI=1S/C14H12Br2O2/c1-2-9-7-12(15)14(13(16)8-9)18-11-5-3-10(17)4-6-11/h3-8,17H,2H2,1H3. The number of phenolic OH excluding ortho intramolecular Hbond substituents is 1. The summed E-state index contributed by atoms with van der Waals surface area (Å²) in [5, 5.41) is 9.23. The first kappa shape index (κ1) is 13.4. The monoisotopic (exact) mass is 370 g/mol. The fourth-order valence-corrected chi connectivity index (χ4v) is 2.99. The number of rotatable bonds is 3. The van der Waals surface area contributed by atoms with Gasteiger partial charge in [-0.15, -0.1) is 0 Å². The van der Waals surface area contributed by atoms with Crippen LogP contribution in [-0.2, 0) is 6.42 Å². The summed E-state index contributed by atoms with van der Waals surface area (Å²) in [6.45, 7) is 2.11. The Bertz CT molecular complexity index is 527. The van der Waals surface area contributed by atoms with Gasteiger partial charge in [0.2, 0.25) is 0 Å². The van der Waals surface area contributed by atoms with Crippen LogP contribution in [0.25, 0.3) is 0 Å². The summed E-state index contributed by atoms with van der Waals surface area (Å²) in [6, 6.07) is 10.7. The maximum Gasteiger partial charge on any atom is 0.155 e. The highest BCUT2D eigenvalue weighted by atomic mass is 79.9. The van der Waals surface area contributed by atoms with E-state index in [-0.39, 0.29) is 5.75 Å². The van der Waals surface area contributed by atoms with Gasteiger partial charge in [-0.1, -0.05) is 6.92 Å². The third-order valence-corrected chi connectivity index (χ3v) is 3.70. The topological polar surface area (TPSA) is 29.5 Å². The van der Waals surface area contributed by atoms with Gasteiger partial charge in [-0.25, -0.2) is 0 Å². The number of halogens is 2. The normalized spacial score (nSPS) is 10.4. The lowest BCUT2D eigenvalue weighted by Crippen LogP contribution is -1.89. The molecule has 0 radical (unpaired) electrons. The average Bonchev–Trinajstić information content (AvgIpc) is 2.35. The fourth-order valence-electron chi connectivity index (χ4n) is 1.55. The number of ether oxygens (including phenoxy) is 1. The number of benzene rings is 2. The molecule has 0 atom stereocenters. The zero-order chi connectivity index (χ0) is 13.1. The fraction of sp³-hybridized carbons (Fsp3) is 0.143. The Morgan fingerprint density at radius 2 is 1.61 bits per heavy atom. The Balaban J connectivity index is 2.31. The van der Waals surface area contributed by atoms with E-state index in [1.807, 2.05) is 12.1 Å². The highest BCUT2D eigenvalue weighted by molar-refractivity contribution is 9.11. The van der Waals surface area contributed by atoms with Crippen LogP contribution in [0.2, 0.25) is 0 Å². The van der Waals surface area contributed by atoms with E-state index >= 15 is 0 Å². The van der Waals surface area contributed by atoms with Crippen LogP contribution in [0.3, 0.4) is 0 Å². The van der Waals surface area contributed by atoms with Crippen molar-refractivity contribution in [2.24, 2.45) is 0 Å². The minimum atomic E-state index is 0.224. The minimum absolute atomic E-state index is 0.224. The second-order valence-electron chi connectivity index (χ2n) is 3.84. The van der Waals surface area contributed by atoms with Crippen LogP contribution in [-0.4, -0.2) is 5.11 Å². The van der Waals surface area contributed by atoms with E-state index in [1.54, 1.807) is 24.3 Å². The molecule has 0 aliphatic heterocycles. The van der Waals surface area contributed by atoms with Crippen molar-refractivity contribution in [1.82, 2.24) is 0 Å². The highest BCUT2D eigenvalue weighted by Gasteiger charge is 2.09. The lowest BCUT2D eigenvalue weighted by atomic mass is 10.2. The van der Waals surface area contributed by atoms with Crippen molar-refractivity contribution < 1.29 is 9.84 Å². The zero-order valence-corrected chi connectivity index (χ0v) is 13.0. The Morgan fingerprint density at radius 1 is 1.06 bits per heavy atom. The van der Waals surface area contributed by atoms with Crippen LogP contribution in [0.5, 0.6) is 17.2 Å². The molecule has 0 saturated heterocycles. The molecule has 0 fully saturated rings. The van der Waals surface area contributed by atoms with Crippen molar-refractivity contribution in [2.45, 2.75) is 13.3 Å². The van der Waals surface area contributed by atoms with Crippen LogP contribution in [0.15, 0.2) is 45.3 Å². The third-order valence-electron chi connectivity index (χ3n) is 2.52. The van der Waals surface area contributed by atoms with E-state index < -0.39 is 0 Å². The van der Waals surface area contributed by atoms with Gasteiger partial charge in [-0.05, 0) is 80.2 Å². The van der Waals surface area contributed by atoms with Crippen molar-refractivity contribution in [3.05, 3.63) is 50.9 Å². The van der Waals surface area contributed by atoms with Gasteiger partial charge >= 0.3 is 0 Å². The number of hydrogen-bond donors (Lipinski definition) is 1. The van der Waals surface area contributed by atoms with E-state index in [0.717, 1.165) is 21.1 Å². The molecule has 2 rings (SSSR count). The second kappa shape index (κ2) is 5.76. The molecule has 1 N–H and O–H groups in total. The number of phenols is 1. The van der Waals surface area contributed by atoms with Gasteiger partial charge in [-0.3, -0.25) is 0 Å². The molecule has 0 saturated carbocycles. The van der Waals surface area contributed by atoms with Crippen molar-refractivity contribution in [2.75, 3.05) is 0 Å². The molecular weight excluding hydrogens is 360 g/mol. The highest BCUT2D eigenvalue weighted by Crippen LogP contribution is 2.38. The number of aromatic hydroxyl groups is 1. The molecule has 0 aliphatic rings. The predicted octanol–water partition coefficient (Wildman–Crippen LogP) is 5.27. The molecule has 2 aromatic carbocycles. The molecule has 0 heterocycles. The Morgan fingerprint density at radius 3 is 2.11 bits per heavy atom. The van der Waals surface area contributed by atoms with Gasteiger partial charge in [-0.2, -0.15) is 0 Å². The first-order valence-electron chi connectivity index (χ1n) is 5.55. The molecule has 0 spiro atoms. The molecule has 0 aliphatic carbocycles. The molecule has 2 aromatic rings. The summed E-state index contributed by atoms with van der Waals surface area (Å²) in [4.78, 5) is 0.